The van der Waals surface area contributed by atoms with E-state index in [0.29, 0.717) is 5.75 Å². The van der Waals surface area contributed by atoms with Crippen molar-refractivity contribution in [2.24, 2.45) is 0 Å². The van der Waals surface area contributed by atoms with Gasteiger partial charge in [0, 0.05) is 0 Å². The minimum absolute atomic E-state index is 0.139. The summed E-state index contributed by atoms with van der Waals surface area (Å²) in [5.41, 5.74) is 0.461. The van der Waals surface area contributed by atoms with Gasteiger partial charge in [-0.15, -0.1) is 0 Å². The van der Waals surface area contributed by atoms with Crippen molar-refractivity contribution in [3.63, 3.8) is 0 Å². The third-order valence-electron chi connectivity index (χ3n) is 2.82. The molecule has 0 radical (unpaired) electrons. The fraction of sp³-hybridized carbons (Fsp3) is 0.125. The highest BCUT2D eigenvalue weighted by Crippen LogP contribution is 2.23. The molecule has 0 aliphatic carbocycles. The molecule has 0 aliphatic rings. The Labute approximate surface area is 122 Å². The molecule has 0 aliphatic heterocycles. The topological polar surface area (TPSA) is 61.8 Å². The molecule has 2 aromatic rings. The number of methoxy groups -OCH3 is 2. The zero-order valence-electron chi connectivity index (χ0n) is 11.7. The van der Waals surface area contributed by atoms with Crippen molar-refractivity contribution in [1.29, 1.82) is 0 Å². The zero-order chi connectivity index (χ0) is 15.2. The predicted molar refractivity (Wildman–Crippen MR) is 75.7 cm³/mol. The van der Waals surface area contributed by atoms with Crippen LogP contribution in [0, 0.1) is 0 Å². The number of ether oxygens (including phenoxy) is 3. The molecule has 0 spiro atoms. The number of para-hydroxylation sites is 2. The van der Waals surface area contributed by atoms with E-state index in [1.54, 1.807) is 36.4 Å². The number of esters is 2. The second-order valence-corrected chi connectivity index (χ2v) is 4.08. The largest absolute Gasteiger partial charge is 0.496 e. The van der Waals surface area contributed by atoms with Crippen molar-refractivity contribution in [3.05, 3.63) is 59.7 Å². The molecule has 0 saturated carbocycles. The van der Waals surface area contributed by atoms with Crippen LogP contribution in [0.2, 0.25) is 0 Å². The Bertz CT molecular complexity index is 663. The molecule has 2 aromatic carbocycles. The summed E-state index contributed by atoms with van der Waals surface area (Å²) < 4.78 is 15.0. The second-order valence-electron chi connectivity index (χ2n) is 4.08. The van der Waals surface area contributed by atoms with Crippen LogP contribution in [0.5, 0.6) is 11.5 Å². The van der Waals surface area contributed by atoms with Gasteiger partial charge in [0.1, 0.15) is 22.6 Å². The highest BCUT2D eigenvalue weighted by atomic mass is 16.5. The number of carbonyl (C=O) groups is 2. The summed E-state index contributed by atoms with van der Waals surface area (Å²) in [6, 6.07) is 13.1. The van der Waals surface area contributed by atoms with Gasteiger partial charge < -0.3 is 14.2 Å². The Kier molecular flexibility index (Phi) is 4.56. The van der Waals surface area contributed by atoms with Crippen LogP contribution in [0.15, 0.2) is 48.5 Å². The second kappa shape index (κ2) is 6.56. The lowest BCUT2D eigenvalue weighted by Crippen LogP contribution is -2.13. The van der Waals surface area contributed by atoms with Crippen molar-refractivity contribution < 1.29 is 23.8 Å². The van der Waals surface area contributed by atoms with Crippen LogP contribution in [-0.4, -0.2) is 26.2 Å². The maximum absolute atomic E-state index is 12.2. The average Bonchev–Trinajstić information content (AvgIpc) is 2.54. The summed E-state index contributed by atoms with van der Waals surface area (Å²) in [4.78, 5) is 23.8. The van der Waals surface area contributed by atoms with Crippen LogP contribution in [-0.2, 0) is 4.74 Å². The summed E-state index contributed by atoms with van der Waals surface area (Å²) in [6.07, 6.45) is 0. The molecule has 0 amide bonds. The highest BCUT2D eigenvalue weighted by molar-refractivity contribution is 5.97. The molecular weight excluding hydrogens is 272 g/mol. The molecule has 2 rings (SSSR count). The molecule has 0 atom stereocenters. The third kappa shape index (κ3) is 3.20. The minimum atomic E-state index is -0.608. The van der Waals surface area contributed by atoms with Gasteiger partial charge >= 0.3 is 11.9 Å². The highest BCUT2D eigenvalue weighted by Gasteiger charge is 2.18. The van der Waals surface area contributed by atoms with E-state index in [2.05, 4.69) is 4.74 Å². The van der Waals surface area contributed by atoms with Crippen LogP contribution in [0.3, 0.4) is 0 Å². The van der Waals surface area contributed by atoms with E-state index in [9.17, 15) is 9.59 Å². The van der Waals surface area contributed by atoms with Crippen molar-refractivity contribution in [1.82, 2.24) is 0 Å². The standard InChI is InChI=1S/C16H14O5/c1-19-13-9-5-3-7-11(13)16(18)21-14-10-6-4-8-12(14)15(17)20-2/h3-10H,1-2H3. The molecule has 0 saturated heterocycles. The number of carbonyl (C=O) groups excluding carboxylic acids is 2. The first-order valence-corrected chi connectivity index (χ1v) is 6.20. The number of rotatable bonds is 4. The van der Waals surface area contributed by atoms with Gasteiger partial charge in [-0.3, -0.25) is 0 Å². The lowest BCUT2D eigenvalue weighted by Gasteiger charge is -2.10. The van der Waals surface area contributed by atoms with Crippen molar-refractivity contribution in [2.45, 2.75) is 0 Å². The van der Waals surface area contributed by atoms with E-state index in [4.69, 9.17) is 9.47 Å². The van der Waals surface area contributed by atoms with Crippen LogP contribution >= 0.6 is 0 Å². The Morgan fingerprint density at radius 2 is 1.29 bits per heavy atom. The first-order chi connectivity index (χ1) is 10.2. The van der Waals surface area contributed by atoms with Gasteiger partial charge in [0.05, 0.1) is 14.2 Å². The van der Waals surface area contributed by atoms with Crippen molar-refractivity contribution in [2.75, 3.05) is 14.2 Å². The molecule has 0 N–H and O–H groups in total. The summed E-state index contributed by atoms with van der Waals surface area (Å²) >= 11 is 0. The molecule has 0 fully saturated rings. The van der Waals surface area contributed by atoms with Crippen LogP contribution in [0.25, 0.3) is 0 Å². The number of hydrogen-bond acceptors (Lipinski definition) is 5. The summed E-state index contributed by atoms with van der Waals surface area (Å²) in [7, 11) is 2.73. The Morgan fingerprint density at radius 3 is 1.86 bits per heavy atom. The fourth-order valence-corrected chi connectivity index (χ4v) is 1.80. The molecule has 0 heterocycles. The lowest BCUT2D eigenvalue weighted by molar-refractivity contribution is 0.0593. The Balaban J connectivity index is 2.30. The van der Waals surface area contributed by atoms with E-state index in [1.807, 2.05) is 0 Å². The van der Waals surface area contributed by atoms with E-state index < -0.39 is 11.9 Å². The summed E-state index contributed by atoms with van der Waals surface area (Å²) in [5, 5.41) is 0. The fourth-order valence-electron chi connectivity index (χ4n) is 1.80. The van der Waals surface area contributed by atoms with Gasteiger partial charge in [0.2, 0.25) is 0 Å². The molecule has 0 unspecified atom stereocenters. The van der Waals surface area contributed by atoms with Gasteiger partial charge in [0.15, 0.2) is 0 Å². The molecule has 5 heteroatoms. The molecule has 0 aromatic heterocycles. The van der Waals surface area contributed by atoms with E-state index >= 15 is 0 Å². The third-order valence-corrected chi connectivity index (χ3v) is 2.82. The lowest BCUT2D eigenvalue weighted by atomic mass is 10.2. The Hall–Kier alpha value is -2.82. The van der Waals surface area contributed by atoms with Crippen molar-refractivity contribution >= 4 is 11.9 Å². The molecule has 0 bridgehead atoms. The number of benzene rings is 2. The minimum Gasteiger partial charge on any atom is -0.496 e. The van der Waals surface area contributed by atoms with E-state index in [0.717, 1.165) is 0 Å². The van der Waals surface area contributed by atoms with Gasteiger partial charge in [-0.1, -0.05) is 24.3 Å². The maximum Gasteiger partial charge on any atom is 0.347 e. The van der Waals surface area contributed by atoms with E-state index in [1.165, 1.54) is 26.4 Å². The zero-order valence-corrected chi connectivity index (χ0v) is 11.7. The smallest absolute Gasteiger partial charge is 0.347 e. The molecule has 5 nitrogen and oxygen atoms in total. The van der Waals surface area contributed by atoms with Gasteiger partial charge in [-0.05, 0) is 24.3 Å². The monoisotopic (exact) mass is 286 g/mol. The van der Waals surface area contributed by atoms with Gasteiger partial charge in [0.25, 0.3) is 0 Å². The summed E-state index contributed by atoms with van der Waals surface area (Å²) in [6.45, 7) is 0. The normalized spacial score (nSPS) is 9.81. The average molecular weight is 286 g/mol. The SMILES string of the molecule is COC(=O)c1ccccc1OC(=O)c1ccccc1OC. The quantitative estimate of drug-likeness (QED) is 0.639. The first-order valence-electron chi connectivity index (χ1n) is 6.20. The molecule has 108 valence electrons. The Morgan fingerprint density at radius 1 is 0.762 bits per heavy atom. The van der Waals surface area contributed by atoms with Crippen LogP contribution < -0.4 is 9.47 Å². The maximum atomic E-state index is 12.2. The predicted octanol–water partition coefficient (Wildman–Crippen LogP) is 2.70. The van der Waals surface area contributed by atoms with Crippen LogP contribution in [0.1, 0.15) is 20.7 Å². The van der Waals surface area contributed by atoms with Crippen molar-refractivity contribution in [3.8, 4) is 11.5 Å². The number of hydrogen-bond donors (Lipinski definition) is 0. The first kappa shape index (κ1) is 14.6. The molecule has 21 heavy (non-hydrogen) atoms. The van der Waals surface area contributed by atoms with Gasteiger partial charge in [-0.2, -0.15) is 0 Å². The van der Waals surface area contributed by atoms with E-state index in [-0.39, 0.29) is 16.9 Å². The summed E-state index contributed by atoms with van der Waals surface area (Å²) in [5.74, 6) is -0.638. The molecular formula is C16H14O5. The van der Waals surface area contributed by atoms with Crippen LogP contribution in [0.4, 0.5) is 0 Å². The van der Waals surface area contributed by atoms with Gasteiger partial charge in [-0.25, -0.2) is 9.59 Å².